The minimum Gasteiger partial charge on any atom is -0.330 e. The number of aromatic nitrogens is 4. The molecule has 4 nitrogen and oxygen atoms in total. The average molecular weight is 280 g/mol. The Morgan fingerprint density at radius 1 is 1.19 bits per heavy atom. The fourth-order valence-electron chi connectivity index (χ4n) is 2.61. The third-order valence-electron chi connectivity index (χ3n) is 4.11. The first-order valence-electron chi connectivity index (χ1n) is 7.20. The van der Waals surface area contributed by atoms with Crippen molar-refractivity contribution < 1.29 is 0 Å². The SMILES string of the molecule is Cc1c(Cn2ccnc2C(C)c2ccccc2)cnn1C. The Balaban J connectivity index is 1.89. The monoisotopic (exact) mass is 280 g/mol. The van der Waals surface area contributed by atoms with Crippen LogP contribution in [0.3, 0.4) is 0 Å². The minimum absolute atomic E-state index is 0.276. The molecule has 3 aromatic rings. The molecule has 2 aromatic heterocycles. The van der Waals surface area contributed by atoms with Crippen LogP contribution in [0.1, 0.15) is 35.5 Å². The van der Waals surface area contributed by atoms with E-state index in [4.69, 9.17) is 0 Å². The van der Waals surface area contributed by atoms with Crippen LogP contribution < -0.4 is 0 Å². The lowest BCUT2D eigenvalue weighted by Crippen LogP contribution is -2.09. The molecule has 2 heterocycles. The maximum Gasteiger partial charge on any atom is 0.116 e. The molecular formula is C17H20N4. The van der Waals surface area contributed by atoms with Crippen molar-refractivity contribution in [2.45, 2.75) is 26.3 Å². The second-order valence-electron chi connectivity index (χ2n) is 5.42. The number of aryl methyl sites for hydroxylation is 1. The molecule has 1 atom stereocenters. The molecule has 108 valence electrons. The van der Waals surface area contributed by atoms with E-state index >= 15 is 0 Å². The highest BCUT2D eigenvalue weighted by molar-refractivity contribution is 5.26. The number of benzene rings is 1. The van der Waals surface area contributed by atoms with Crippen molar-refractivity contribution in [1.82, 2.24) is 19.3 Å². The van der Waals surface area contributed by atoms with E-state index in [0.717, 1.165) is 12.4 Å². The van der Waals surface area contributed by atoms with Gasteiger partial charge in [-0.3, -0.25) is 4.68 Å². The Hall–Kier alpha value is -2.36. The first-order chi connectivity index (χ1) is 10.2. The van der Waals surface area contributed by atoms with Gasteiger partial charge in [0.2, 0.25) is 0 Å². The van der Waals surface area contributed by atoms with E-state index in [2.05, 4.69) is 52.8 Å². The highest BCUT2D eigenvalue weighted by Crippen LogP contribution is 2.23. The van der Waals surface area contributed by atoms with Crippen LogP contribution in [0, 0.1) is 6.92 Å². The molecule has 0 radical (unpaired) electrons. The van der Waals surface area contributed by atoms with Crippen LogP contribution in [0.5, 0.6) is 0 Å². The fourth-order valence-corrected chi connectivity index (χ4v) is 2.61. The fraction of sp³-hybridized carbons (Fsp3) is 0.294. The molecule has 0 N–H and O–H groups in total. The van der Waals surface area contributed by atoms with E-state index in [-0.39, 0.29) is 5.92 Å². The van der Waals surface area contributed by atoms with Gasteiger partial charge in [0.15, 0.2) is 0 Å². The van der Waals surface area contributed by atoms with Crippen LogP contribution in [0.25, 0.3) is 0 Å². The Kier molecular flexibility index (Phi) is 3.60. The zero-order chi connectivity index (χ0) is 14.8. The van der Waals surface area contributed by atoms with Crippen LogP contribution in [0.4, 0.5) is 0 Å². The number of nitrogens with zero attached hydrogens (tertiary/aromatic N) is 4. The summed E-state index contributed by atoms with van der Waals surface area (Å²) in [5.74, 6) is 1.36. The van der Waals surface area contributed by atoms with Gasteiger partial charge in [-0.1, -0.05) is 37.3 Å². The largest absolute Gasteiger partial charge is 0.330 e. The van der Waals surface area contributed by atoms with Gasteiger partial charge in [0.25, 0.3) is 0 Å². The van der Waals surface area contributed by atoms with Crippen LogP contribution in [-0.2, 0) is 13.6 Å². The van der Waals surface area contributed by atoms with Crippen molar-refractivity contribution in [1.29, 1.82) is 0 Å². The Labute approximate surface area is 125 Å². The summed E-state index contributed by atoms with van der Waals surface area (Å²) in [4.78, 5) is 4.56. The topological polar surface area (TPSA) is 35.6 Å². The molecular weight excluding hydrogens is 260 g/mol. The van der Waals surface area contributed by atoms with Gasteiger partial charge in [0.1, 0.15) is 5.82 Å². The smallest absolute Gasteiger partial charge is 0.116 e. The molecule has 0 amide bonds. The molecule has 3 rings (SSSR count). The van der Waals surface area contributed by atoms with E-state index in [1.165, 1.54) is 16.8 Å². The number of rotatable bonds is 4. The maximum absolute atomic E-state index is 4.56. The molecule has 0 aliphatic carbocycles. The number of hydrogen-bond acceptors (Lipinski definition) is 2. The first kappa shape index (κ1) is 13.6. The Morgan fingerprint density at radius 2 is 1.95 bits per heavy atom. The van der Waals surface area contributed by atoms with Gasteiger partial charge >= 0.3 is 0 Å². The molecule has 4 heteroatoms. The third-order valence-corrected chi connectivity index (χ3v) is 4.11. The second kappa shape index (κ2) is 5.56. The molecule has 0 aliphatic heterocycles. The van der Waals surface area contributed by atoms with Crippen LogP contribution in [-0.4, -0.2) is 19.3 Å². The first-order valence-corrected chi connectivity index (χ1v) is 7.20. The Morgan fingerprint density at radius 3 is 2.62 bits per heavy atom. The number of hydrogen-bond donors (Lipinski definition) is 0. The summed E-state index contributed by atoms with van der Waals surface area (Å²) in [6.07, 6.45) is 5.86. The van der Waals surface area contributed by atoms with E-state index in [0.29, 0.717) is 0 Å². The standard InChI is InChI=1S/C17H20N4/c1-13(15-7-5-4-6-8-15)17-18-9-10-21(17)12-16-11-19-20(3)14(16)2/h4-11,13H,12H2,1-3H3. The van der Waals surface area contributed by atoms with Crippen molar-refractivity contribution >= 4 is 0 Å². The summed E-state index contributed by atoms with van der Waals surface area (Å²) in [7, 11) is 1.97. The summed E-state index contributed by atoms with van der Waals surface area (Å²) >= 11 is 0. The van der Waals surface area contributed by atoms with Crippen molar-refractivity contribution in [3.63, 3.8) is 0 Å². The second-order valence-corrected chi connectivity index (χ2v) is 5.42. The van der Waals surface area contributed by atoms with Gasteiger partial charge in [-0.05, 0) is 12.5 Å². The van der Waals surface area contributed by atoms with Crippen LogP contribution in [0.2, 0.25) is 0 Å². The van der Waals surface area contributed by atoms with Crippen molar-refractivity contribution in [3.05, 3.63) is 71.6 Å². The van der Waals surface area contributed by atoms with Crippen molar-refractivity contribution in [2.75, 3.05) is 0 Å². The third kappa shape index (κ3) is 2.61. The molecule has 0 saturated heterocycles. The van der Waals surface area contributed by atoms with Gasteiger partial charge in [-0.2, -0.15) is 5.10 Å². The normalized spacial score (nSPS) is 12.5. The van der Waals surface area contributed by atoms with Crippen LogP contribution in [0.15, 0.2) is 48.9 Å². The molecule has 0 saturated carbocycles. The lowest BCUT2D eigenvalue weighted by atomic mass is 10.0. The molecule has 0 aliphatic rings. The van der Waals surface area contributed by atoms with Gasteiger partial charge in [0.05, 0.1) is 12.7 Å². The average Bonchev–Trinajstić information content (AvgIpc) is 3.10. The molecule has 0 spiro atoms. The summed E-state index contributed by atoms with van der Waals surface area (Å²) in [6.45, 7) is 5.11. The highest BCUT2D eigenvalue weighted by Gasteiger charge is 2.15. The summed E-state index contributed by atoms with van der Waals surface area (Å²) in [5.41, 5.74) is 3.71. The molecule has 0 bridgehead atoms. The predicted octanol–water partition coefficient (Wildman–Crippen LogP) is 3.13. The lowest BCUT2D eigenvalue weighted by Gasteiger charge is -2.14. The maximum atomic E-state index is 4.56. The van der Waals surface area contributed by atoms with Gasteiger partial charge in [0, 0.05) is 36.6 Å². The van der Waals surface area contributed by atoms with E-state index in [1.807, 2.05) is 36.4 Å². The van der Waals surface area contributed by atoms with E-state index in [9.17, 15) is 0 Å². The zero-order valence-electron chi connectivity index (χ0n) is 12.7. The van der Waals surface area contributed by atoms with Crippen molar-refractivity contribution in [2.24, 2.45) is 7.05 Å². The van der Waals surface area contributed by atoms with Crippen molar-refractivity contribution in [3.8, 4) is 0 Å². The van der Waals surface area contributed by atoms with Gasteiger partial charge in [-0.15, -0.1) is 0 Å². The molecule has 1 unspecified atom stereocenters. The molecule has 21 heavy (non-hydrogen) atoms. The Bertz CT molecular complexity index is 724. The zero-order valence-corrected chi connectivity index (χ0v) is 12.7. The highest BCUT2D eigenvalue weighted by atomic mass is 15.3. The molecule has 0 fully saturated rings. The summed E-state index contributed by atoms with van der Waals surface area (Å²) in [5, 5.41) is 4.31. The predicted molar refractivity (Wildman–Crippen MR) is 83.2 cm³/mol. The summed E-state index contributed by atoms with van der Waals surface area (Å²) in [6, 6.07) is 10.5. The van der Waals surface area contributed by atoms with Gasteiger partial charge < -0.3 is 4.57 Å². The lowest BCUT2D eigenvalue weighted by molar-refractivity contribution is 0.683. The quantitative estimate of drug-likeness (QED) is 0.736. The summed E-state index contributed by atoms with van der Waals surface area (Å²) < 4.78 is 4.12. The minimum atomic E-state index is 0.276. The van der Waals surface area contributed by atoms with E-state index in [1.54, 1.807) is 0 Å². The van der Waals surface area contributed by atoms with Crippen LogP contribution >= 0.6 is 0 Å². The number of imidazole rings is 1. The van der Waals surface area contributed by atoms with E-state index < -0.39 is 0 Å². The molecule has 1 aromatic carbocycles. The van der Waals surface area contributed by atoms with Gasteiger partial charge in [-0.25, -0.2) is 4.98 Å².